The van der Waals surface area contributed by atoms with Crippen molar-refractivity contribution in [1.82, 2.24) is 10.3 Å². The van der Waals surface area contributed by atoms with E-state index in [0.717, 1.165) is 12.3 Å². The fraction of sp³-hybridized carbons (Fsp3) is 0.455. The fourth-order valence-corrected chi connectivity index (χ4v) is 1.52. The molecule has 1 atom stereocenters. The maximum absolute atomic E-state index is 13.1. The molecule has 0 saturated carbocycles. The van der Waals surface area contributed by atoms with Gasteiger partial charge in [-0.3, -0.25) is 10.3 Å². The summed E-state index contributed by atoms with van der Waals surface area (Å²) in [6.45, 7) is 2.01. The largest absolute Gasteiger partial charge is 0.480 e. The molecule has 1 aromatic heterocycles. The molecule has 102 valence electrons. The molecule has 19 heavy (non-hydrogen) atoms. The number of rotatable bonds is 7. The molecule has 1 heterocycles. The van der Waals surface area contributed by atoms with Crippen molar-refractivity contribution in [1.29, 1.82) is 0 Å². The third-order valence-electron chi connectivity index (χ3n) is 2.69. The average molecular weight is 267 g/mol. The van der Waals surface area contributed by atoms with Crippen LogP contribution in [-0.2, 0) is 10.3 Å². The highest BCUT2D eigenvalue weighted by Crippen LogP contribution is 2.21. The molecule has 0 aliphatic heterocycles. The van der Waals surface area contributed by atoms with Crippen LogP contribution in [0, 0.1) is 5.82 Å². The van der Waals surface area contributed by atoms with Gasteiger partial charge in [-0.25, -0.2) is 9.18 Å². The van der Waals surface area contributed by atoms with Gasteiger partial charge in [-0.1, -0.05) is 5.11 Å². The highest BCUT2D eigenvalue weighted by molar-refractivity contribution is 5.80. The first-order valence-electron chi connectivity index (χ1n) is 5.61. The lowest BCUT2D eigenvalue weighted by Gasteiger charge is -2.26. The van der Waals surface area contributed by atoms with E-state index < -0.39 is 17.3 Å². The summed E-state index contributed by atoms with van der Waals surface area (Å²) in [5.41, 5.74) is 6.90. The van der Waals surface area contributed by atoms with Crippen LogP contribution in [0.1, 0.15) is 18.9 Å². The Hall–Kier alpha value is -2.18. The standard InChI is InChI=1S/C11H14FN5O2/c1-11(10(18)19,15-3-2-4-16-17-13)8-5-9(12)7-14-6-8/h5-7,15H,2-4H2,1H3,(H,18,19). The quantitative estimate of drug-likeness (QED) is 0.339. The lowest BCUT2D eigenvalue weighted by Crippen LogP contribution is -2.47. The first-order chi connectivity index (χ1) is 9.00. The molecule has 8 heteroatoms. The number of halogens is 1. The minimum absolute atomic E-state index is 0.226. The van der Waals surface area contributed by atoms with E-state index in [0.29, 0.717) is 13.0 Å². The first-order valence-corrected chi connectivity index (χ1v) is 5.61. The molecule has 0 aliphatic rings. The summed E-state index contributed by atoms with van der Waals surface area (Å²) < 4.78 is 13.1. The van der Waals surface area contributed by atoms with E-state index >= 15 is 0 Å². The second-order valence-corrected chi connectivity index (χ2v) is 4.06. The lowest BCUT2D eigenvalue weighted by molar-refractivity contribution is -0.144. The smallest absolute Gasteiger partial charge is 0.328 e. The van der Waals surface area contributed by atoms with Crippen LogP contribution in [0.2, 0.25) is 0 Å². The summed E-state index contributed by atoms with van der Waals surface area (Å²) in [6, 6.07) is 1.13. The monoisotopic (exact) mass is 267 g/mol. The van der Waals surface area contributed by atoms with E-state index in [2.05, 4.69) is 20.3 Å². The predicted molar refractivity (Wildman–Crippen MR) is 65.8 cm³/mol. The summed E-state index contributed by atoms with van der Waals surface area (Å²) in [6.07, 6.45) is 2.79. The van der Waals surface area contributed by atoms with Crippen LogP contribution in [0.4, 0.5) is 4.39 Å². The Morgan fingerprint density at radius 2 is 2.42 bits per heavy atom. The summed E-state index contributed by atoms with van der Waals surface area (Å²) in [5.74, 6) is -1.73. The van der Waals surface area contributed by atoms with Gasteiger partial charge in [0.1, 0.15) is 11.4 Å². The highest BCUT2D eigenvalue weighted by atomic mass is 19.1. The summed E-state index contributed by atoms with van der Waals surface area (Å²) >= 11 is 0. The fourth-order valence-electron chi connectivity index (χ4n) is 1.52. The van der Waals surface area contributed by atoms with Crippen molar-refractivity contribution in [3.05, 3.63) is 40.3 Å². The van der Waals surface area contributed by atoms with Crippen LogP contribution in [0.5, 0.6) is 0 Å². The number of aliphatic carboxylic acids is 1. The maximum Gasteiger partial charge on any atom is 0.328 e. The highest BCUT2D eigenvalue weighted by Gasteiger charge is 2.35. The zero-order valence-corrected chi connectivity index (χ0v) is 10.4. The Balaban J connectivity index is 2.80. The lowest BCUT2D eigenvalue weighted by atomic mass is 9.93. The third-order valence-corrected chi connectivity index (χ3v) is 2.69. The van der Waals surface area contributed by atoms with Crippen molar-refractivity contribution in [2.45, 2.75) is 18.9 Å². The normalized spacial score (nSPS) is 13.4. The van der Waals surface area contributed by atoms with Crippen LogP contribution in [0.25, 0.3) is 10.4 Å². The Kier molecular flexibility index (Phi) is 5.23. The third kappa shape index (κ3) is 3.90. The van der Waals surface area contributed by atoms with Crippen molar-refractivity contribution in [3.63, 3.8) is 0 Å². The van der Waals surface area contributed by atoms with E-state index in [9.17, 15) is 14.3 Å². The Morgan fingerprint density at radius 3 is 3.00 bits per heavy atom. The number of hydrogen-bond donors (Lipinski definition) is 2. The van der Waals surface area contributed by atoms with Gasteiger partial charge in [0.25, 0.3) is 0 Å². The molecule has 0 aliphatic carbocycles. The van der Waals surface area contributed by atoms with Crippen molar-refractivity contribution >= 4 is 5.97 Å². The average Bonchev–Trinajstić information content (AvgIpc) is 2.38. The van der Waals surface area contributed by atoms with Crippen LogP contribution in [-0.4, -0.2) is 29.1 Å². The molecule has 0 bridgehead atoms. The summed E-state index contributed by atoms with van der Waals surface area (Å²) in [4.78, 5) is 17.6. The number of carbonyl (C=O) groups is 1. The second-order valence-electron chi connectivity index (χ2n) is 4.06. The van der Waals surface area contributed by atoms with Crippen molar-refractivity contribution < 1.29 is 14.3 Å². The van der Waals surface area contributed by atoms with E-state index in [1.807, 2.05) is 0 Å². The van der Waals surface area contributed by atoms with Crippen molar-refractivity contribution in [2.75, 3.05) is 13.1 Å². The molecule has 1 rings (SSSR count). The number of azide groups is 1. The number of hydrogen-bond acceptors (Lipinski definition) is 4. The van der Waals surface area contributed by atoms with E-state index in [1.54, 1.807) is 0 Å². The van der Waals surface area contributed by atoms with Gasteiger partial charge in [0.15, 0.2) is 0 Å². The zero-order chi connectivity index (χ0) is 14.3. The minimum atomic E-state index is -1.44. The van der Waals surface area contributed by atoms with Gasteiger partial charge in [-0.2, -0.15) is 0 Å². The molecule has 0 radical (unpaired) electrons. The summed E-state index contributed by atoms with van der Waals surface area (Å²) in [5, 5.41) is 15.4. The van der Waals surface area contributed by atoms with Gasteiger partial charge in [-0.15, -0.1) is 0 Å². The summed E-state index contributed by atoms with van der Waals surface area (Å²) in [7, 11) is 0. The molecular formula is C11H14FN5O2. The Bertz CT molecular complexity index is 504. The zero-order valence-electron chi connectivity index (χ0n) is 10.4. The van der Waals surface area contributed by atoms with Gasteiger partial charge in [-0.05, 0) is 31.5 Å². The molecule has 1 unspecified atom stereocenters. The number of nitrogens with zero attached hydrogens (tertiary/aromatic N) is 4. The van der Waals surface area contributed by atoms with Crippen molar-refractivity contribution in [2.24, 2.45) is 5.11 Å². The Morgan fingerprint density at radius 1 is 1.68 bits per heavy atom. The molecule has 0 fully saturated rings. The molecular weight excluding hydrogens is 253 g/mol. The SMILES string of the molecule is CC(NCCCN=[N+]=[N-])(C(=O)O)c1cncc(F)c1. The maximum atomic E-state index is 13.1. The van der Waals surface area contributed by atoms with Gasteiger partial charge >= 0.3 is 5.97 Å². The molecule has 0 spiro atoms. The minimum Gasteiger partial charge on any atom is -0.480 e. The van der Waals surface area contributed by atoms with Gasteiger partial charge in [0.2, 0.25) is 0 Å². The molecule has 7 nitrogen and oxygen atoms in total. The second kappa shape index (κ2) is 6.67. The number of carboxylic acids is 1. The van der Waals surface area contributed by atoms with Crippen LogP contribution < -0.4 is 5.32 Å². The number of pyridine rings is 1. The van der Waals surface area contributed by atoms with E-state index in [4.69, 9.17) is 5.53 Å². The molecule has 0 saturated heterocycles. The van der Waals surface area contributed by atoms with Crippen LogP contribution in [0.3, 0.4) is 0 Å². The van der Waals surface area contributed by atoms with E-state index in [-0.39, 0.29) is 12.1 Å². The molecule has 2 N–H and O–H groups in total. The number of nitrogens with one attached hydrogen (secondary N) is 1. The topological polar surface area (TPSA) is 111 Å². The number of aromatic nitrogens is 1. The van der Waals surface area contributed by atoms with Crippen LogP contribution in [0.15, 0.2) is 23.6 Å². The first kappa shape index (κ1) is 14.9. The van der Waals surface area contributed by atoms with Crippen LogP contribution >= 0.6 is 0 Å². The molecule has 0 aromatic carbocycles. The van der Waals surface area contributed by atoms with Gasteiger partial charge in [0.05, 0.1) is 6.20 Å². The van der Waals surface area contributed by atoms with Gasteiger partial charge in [0, 0.05) is 23.2 Å². The van der Waals surface area contributed by atoms with Gasteiger partial charge < -0.3 is 5.11 Å². The molecule has 0 amide bonds. The predicted octanol–water partition coefficient (Wildman–Crippen LogP) is 1.81. The Labute approximate surface area is 109 Å². The molecule has 1 aromatic rings. The van der Waals surface area contributed by atoms with Crippen molar-refractivity contribution in [3.8, 4) is 0 Å². The number of carboxylic acid groups (broad SMARTS) is 1. The van der Waals surface area contributed by atoms with E-state index in [1.165, 1.54) is 13.1 Å².